The highest BCUT2D eigenvalue weighted by molar-refractivity contribution is 7.15. The molecule has 0 aliphatic carbocycles. The lowest BCUT2D eigenvalue weighted by Crippen LogP contribution is -2.45. The van der Waals surface area contributed by atoms with E-state index in [4.69, 9.17) is 29.3 Å². The van der Waals surface area contributed by atoms with E-state index in [1.165, 1.54) is 0 Å². The molecule has 3 aromatic heterocycles. The van der Waals surface area contributed by atoms with E-state index in [1.807, 2.05) is 64.2 Å². The number of anilines is 1. The van der Waals surface area contributed by atoms with Crippen molar-refractivity contribution in [2.75, 3.05) is 31.7 Å². The van der Waals surface area contributed by atoms with Crippen molar-refractivity contribution in [2.45, 2.75) is 71.2 Å². The average molecular weight is 620 g/mol. The van der Waals surface area contributed by atoms with E-state index in [1.54, 1.807) is 29.0 Å². The molecule has 5 rings (SSSR count). The first-order valence-electron chi connectivity index (χ1n) is 14.8. The second-order valence-corrected chi connectivity index (χ2v) is 13.5. The molecule has 1 saturated heterocycles. The number of hydrogen-bond acceptors (Lipinski definition) is 9. The highest BCUT2D eigenvalue weighted by Gasteiger charge is 2.37. The van der Waals surface area contributed by atoms with Gasteiger partial charge in [0.1, 0.15) is 22.3 Å². The first-order chi connectivity index (χ1) is 20.9. The summed E-state index contributed by atoms with van der Waals surface area (Å²) < 4.78 is 19.5. The summed E-state index contributed by atoms with van der Waals surface area (Å²) in [4.78, 5) is 25.5. The Morgan fingerprint density at radius 2 is 1.98 bits per heavy atom. The maximum absolute atomic E-state index is 12.7. The number of thiazole rings is 1. The molecule has 1 aromatic carbocycles. The Balaban J connectivity index is 1.57. The largest absolute Gasteiger partial charge is 0.496 e. The fraction of sp³-hybridized carbons (Fsp3) is 0.455. The number of aryl methyl sites for hydroxylation is 1. The minimum absolute atomic E-state index is 0.297. The number of piperidine rings is 1. The molecule has 0 radical (unpaired) electrons. The molecular weight excluding hydrogens is 578 g/mol. The van der Waals surface area contributed by atoms with Crippen LogP contribution in [0, 0.1) is 6.92 Å². The number of methoxy groups -OCH3 is 1. The molecule has 0 unspecified atom stereocenters. The quantitative estimate of drug-likeness (QED) is 0.194. The van der Waals surface area contributed by atoms with Crippen LogP contribution in [0.15, 0.2) is 49.2 Å². The van der Waals surface area contributed by atoms with E-state index >= 15 is 0 Å². The van der Waals surface area contributed by atoms with Crippen molar-refractivity contribution in [3.05, 3.63) is 70.9 Å². The zero-order valence-electron chi connectivity index (χ0n) is 26.3. The molecule has 1 atom stereocenters. The van der Waals surface area contributed by atoms with Crippen LogP contribution in [0.2, 0.25) is 0 Å². The number of para-hydroxylation sites is 1. The molecule has 1 aliphatic rings. The van der Waals surface area contributed by atoms with Gasteiger partial charge in [-0.05, 0) is 59.1 Å². The third kappa shape index (κ3) is 6.80. The number of carboxylic acid groups (broad SMARTS) is 1. The Hall–Kier alpha value is -3.80. The summed E-state index contributed by atoms with van der Waals surface area (Å²) in [5.41, 5.74) is 2.46. The molecule has 4 aromatic rings. The smallest absolute Gasteiger partial charge is 0.337 e. The summed E-state index contributed by atoms with van der Waals surface area (Å²) in [5, 5.41) is 16.1. The maximum atomic E-state index is 12.7. The first kappa shape index (κ1) is 31.6. The first-order valence-corrected chi connectivity index (χ1v) is 15.6. The summed E-state index contributed by atoms with van der Waals surface area (Å²) in [5.74, 6) is 0.437. The van der Waals surface area contributed by atoms with Gasteiger partial charge in [-0.3, -0.25) is 0 Å². The van der Waals surface area contributed by atoms with Gasteiger partial charge in [0.15, 0.2) is 11.8 Å². The number of fused-ring (bicyclic) bond motifs is 1. The van der Waals surface area contributed by atoms with E-state index in [-0.39, 0.29) is 5.60 Å². The summed E-state index contributed by atoms with van der Waals surface area (Å²) in [6.07, 6.45) is 4.60. The molecule has 0 bridgehead atoms. The molecule has 234 valence electrons. The van der Waals surface area contributed by atoms with E-state index in [2.05, 4.69) is 18.4 Å². The van der Waals surface area contributed by atoms with Crippen molar-refractivity contribution in [3.63, 3.8) is 0 Å². The predicted molar refractivity (Wildman–Crippen MR) is 172 cm³/mol. The van der Waals surface area contributed by atoms with Crippen LogP contribution in [0.4, 0.5) is 5.82 Å². The Morgan fingerprint density at radius 3 is 2.64 bits per heavy atom. The lowest BCUT2D eigenvalue weighted by Gasteiger charge is -2.41. The van der Waals surface area contributed by atoms with Crippen LogP contribution in [0.5, 0.6) is 5.75 Å². The minimum Gasteiger partial charge on any atom is -0.496 e. The van der Waals surface area contributed by atoms with Gasteiger partial charge in [0, 0.05) is 42.3 Å². The second kappa shape index (κ2) is 12.7. The molecule has 0 spiro atoms. The van der Waals surface area contributed by atoms with Crippen LogP contribution in [0.25, 0.3) is 16.3 Å². The molecule has 1 aliphatic heterocycles. The number of hydrogen-bond donors (Lipinski definition) is 1. The Kier molecular flexibility index (Phi) is 9.10. The van der Waals surface area contributed by atoms with Crippen LogP contribution in [0.3, 0.4) is 0 Å². The third-order valence-corrected chi connectivity index (χ3v) is 8.78. The van der Waals surface area contributed by atoms with Crippen LogP contribution in [0.1, 0.15) is 68.3 Å². The highest BCUT2D eigenvalue weighted by atomic mass is 32.1. The molecule has 1 fully saturated rings. The van der Waals surface area contributed by atoms with Gasteiger partial charge < -0.3 is 24.2 Å². The Morgan fingerprint density at radius 1 is 1.25 bits per heavy atom. The van der Waals surface area contributed by atoms with Gasteiger partial charge in [0.2, 0.25) is 0 Å². The minimum atomic E-state index is -1.23. The van der Waals surface area contributed by atoms with Gasteiger partial charge in [-0.2, -0.15) is 9.61 Å². The van der Waals surface area contributed by atoms with Gasteiger partial charge in [-0.15, -0.1) is 17.9 Å². The summed E-state index contributed by atoms with van der Waals surface area (Å²) in [6, 6.07) is 9.87. The van der Waals surface area contributed by atoms with Crippen molar-refractivity contribution in [1.82, 2.24) is 19.6 Å². The summed E-state index contributed by atoms with van der Waals surface area (Å²) in [6.45, 7) is 15.1. The second-order valence-electron chi connectivity index (χ2n) is 12.3. The number of aromatic nitrogens is 4. The molecule has 10 nitrogen and oxygen atoms in total. The predicted octanol–water partition coefficient (Wildman–Crippen LogP) is 6.26. The number of benzene rings is 1. The molecule has 11 heteroatoms. The SMILES string of the molecule is C=CCOC1(C)CCN(c2c([C@H](OC(C)(C)C)C(=O)O)c(C)nc3cc(-c4ncc(Cc5ccccc5OC)s4)nn23)CC1. The molecular formula is C33H41N5O5S. The highest BCUT2D eigenvalue weighted by Crippen LogP contribution is 2.38. The van der Waals surface area contributed by atoms with Gasteiger partial charge in [-0.1, -0.05) is 24.3 Å². The Labute approximate surface area is 262 Å². The van der Waals surface area contributed by atoms with E-state index in [9.17, 15) is 9.90 Å². The van der Waals surface area contributed by atoms with Crippen LogP contribution in [-0.2, 0) is 20.7 Å². The lowest BCUT2D eigenvalue weighted by atomic mass is 9.92. The maximum Gasteiger partial charge on any atom is 0.337 e. The van der Waals surface area contributed by atoms with Crippen molar-refractivity contribution in [2.24, 2.45) is 0 Å². The van der Waals surface area contributed by atoms with Gasteiger partial charge >= 0.3 is 5.97 Å². The van der Waals surface area contributed by atoms with E-state index in [0.29, 0.717) is 54.5 Å². The van der Waals surface area contributed by atoms with Gasteiger partial charge in [-0.25, -0.2) is 14.8 Å². The number of ether oxygens (including phenoxy) is 3. The van der Waals surface area contributed by atoms with Gasteiger partial charge in [0.25, 0.3) is 0 Å². The van der Waals surface area contributed by atoms with Crippen molar-refractivity contribution in [3.8, 4) is 16.5 Å². The van der Waals surface area contributed by atoms with Crippen LogP contribution in [-0.4, -0.2) is 68.7 Å². The number of nitrogens with zero attached hydrogens (tertiary/aromatic N) is 5. The monoisotopic (exact) mass is 619 g/mol. The fourth-order valence-corrected chi connectivity index (χ4v) is 6.45. The molecule has 0 amide bonds. The molecule has 0 saturated carbocycles. The standard InChI is InChI=1S/C33H41N5O5S/c1-8-17-42-33(6)13-15-37(16-14-33)30-27(28(31(39)40)43-32(3,4)5)21(2)35-26-19-24(36-38(26)30)29-34-20-23(44-29)18-22-11-9-10-12-25(22)41-7/h8-12,19-20,28H,1,13-18H2,2-7H3,(H,39,40)/t28-/m0/s1. The van der Waals surface area contributed by atoms with Crippen LogP contribution >= 0.6 is 11.3 Å². The third-order valence-electron chi connectivity index (χ3n) is 7.76. The van der Waals surface area contributed by atoms with Crippen molar-refractivity contribution < 1.29 is 24.1 Å². The molecule has 44 heavy (non-hydrogen) atoms. The van der Waals surface area contributed by atoms with Gasteiger partial charge in [0.05, 0.1) is 30.5 Å². The zero-order valence-corrected chi connectivity index (χ0v) is 27.1. The fourth-order valence-electron chi connectivity index (χ4n) is 5.56. The van der Waals surface area contributed by atoms with E-state index < -0.39 is 17.7 Å². The van der Waals surface area contributed by atoms with Crippen LogP contribution < -0.4 is 9.64 Å². The molecule has 1 N–H and O–H groups in total. The number of aliphatic carboxylic acids is 1. The van der Waals surface area contributed by atoms with Crippen molar-refractivity contribution in [1.29, 1.82) is 0 Å². The number of carboxylic acids is 1. The zero-order chi connectivity index (χ0) is 31.6. The van der Waals surface area contributed by atoms with Crippen molar-refractivity contribution >= 4 is 28.8 Å². The molecule has 4 heterocycles. The van der Waals surface area contributed by atoms with E-state index in [0.717, 1.165) is 34.0 Å². The lowest BCUT2D eigenvalue weighted by molar-refractivity contribution is -0.160. The number of rotatable bonds is 11. The number of carbonyl (C=O) groups is 1. The summed E-state index contributed by atoms with van der Waals surface area (Å²) >= 11 is 1.56. The average Bonchev–Trinajstić information content (AvgIpc) is 3.62. The topological polar surface area (TPSA) is 111 Å². The summed E-state index contributed by atoms with van der Waals surface area (Å²) in [7, 11) is 1.67. The normalized spacial score (nSPS) is 15.8. The Bertz CT molecular complexity index is 1650.